The topological polar surface area (TPSA) is 20.2 Å². The highest BCUT2D eigenvalue weighted by atomic mass is 16.3. The lowest BCUT2D eigenvalue weighted by Gasteiger charge is -2.41. The first-order chi connectivity index (χ1) is 7.85. The minimum Gasteiger partial charge on any atom is -0.508 e. The molecule has 92 valence electrons. The monoisotopic (exact) mass is 230 g/mol. The number of phenols is 1. The van der Waals surface area contributed by atoms with E-state index in [1.807, 2.05) is 6.07 Å². The van der Waals surface area contributed by atoms with Crippen molar-refractivity contribution in [2.75, 3.05) is 0 Å². The Hall–Kier alpha value is -0.980. The lowest BCUT2D eigenvalue weighted by Crippen LogP contribution is -2.34. The Kier molecular flexibility index (Phi) is 2.01. The molecule has 1 nitrogen and oxygen atoms in total. The molecule has 17 heavy (non-hydrogen) atoms. The second-order valence-electron chi connectivity index (χ2n) is 6.87. The van der Waals surface area contributed by atoms with Crippen LogP contribution < -0.4 is 0 Å². The molecule has 1 aromatic carbocycles. The third-order valence-electron chi connectivity index (χ3n) is 5.25. The Balaban J connectivity index is 2.37. The van der Waals surface area contributed by atoms with Gasteiger partial charge in [-0.05, 0) is 71.8 Å². The summed E-state index contributed by atoms with van der Waals surface area (Å²) < 4.78 is 0. The molecular weight excluding hydrogens is 208 g/mol. The molecule has 0 fully saturated rings. The summed E-state index contributed by atoms with van der Waals surface area (Å²) in [6.45, 7) is 9.11. The first-order valence-electron chi connectivity index (χ1n) is 6.72. The van der Waals surface area contributed by atoms with Crippen molar-refractivity contribution in [3.63, 3.8) is 0 Å². The molecule has 2 aliphatic rings. The minimum absolute atomic E-state index is 0.221. The van der Waals surface area contributed by atoms with Gasteiger partial charge in [0, 0.05) is 0 Å². The van der Waals surface area contributed by atoms with Gasteiger partial charge in [-0.15, -0.1) is 0 Å². The fourth-order valence-electron chi connectivity index (χ4n) is 3.86. The van der Waals surface area contributed by atoms with E-state index in [1.54, 1.807) is 5.56 Å². The van der Waals surface area contributed by atoms with E-state index >= 15 is 0 Å². The maximum Gasteiger partial charge on any atom is 0.119 e. The number of hydrogen-bond donors (Lipinski definition) is 1. The van der Waals surface area contributed by atoms with Crippen LogP contribution in [0.15, 0.2) is 6.07 Å². The van der Waals surface area contributed by atoms with Crippen LogP contribution in [0.5, 0.6) is 5.75 Å². The maximum absolute atomic E-state index is 10.1. The molecule has 3 rings (SSSR count). The Morgan fingerprint density at radius 2 is 1.82 bits per heavy atom. The van der Waals surface area contributed by atoms with E-state index in [-0.39, 0.29) is 5.41 Å². The van der Waals surface area contributed by atoms with Gasteiger partial charge in [0.05, 0.1) is 0 Å². The zero-order valence-electron chi connectivity index (χ0n) is 11.4. The van der Waals surface area contributed by atoms with Gasteiger partial charge in [0.15, 0.2) is 0 Å². The van der Waals surface area contributed by atoms with E-state index in [2.05, 4.69) is 27.7 Å². The number of hydrogen-bond acceptors (Lipinski definition) is 1. The fourth-order valence-corrected chi connectivity index (χ4v) is 3.86. The van der Waals surface area contributed by atoms with Crippen LogP contribution in [0.2, 0.25) is 0 Å². The first-order valence-corrected chi connectivity index (χ1v) is 6.72. The van der Waals surface area contributed by atoms with Gasteiger partial charge in [0.2, 0.25) is 0 Å². The molecule has 0 saturated heterocycles. The van der Waals surface area contributed by atoms with Gasteiger partial charge in [0.25, 0.3) is 0 Å². The van der Waals surface area contributed by atoms with Crippen LogP contribution in [0.25, 0.3) is 0 Å². The van der Waals surface area contributed by atoms with Crippen molar-refractivity contribution in [3.8, 4) is 5.75 Å². The van der Waals surface area contributed by atoms with Crippen molar-refractivity contribution in [2.24, 2.45) is 0 Å². The van der Waals surface area contributed by atoms with Crippen LogP contribution in [-0.4, -0.2) is 5.11 Å². The highest BCUT2D eigenvalue weighted by molar-refractivity contribution is 5.57. The second kappa shape index (κ2) is 3.07. The largest absolute Gasteiger partial charge is 0.508 e. The summed E-state index contributed by atoms with van der Waals surface area (Å²) in [4.78, 5) is 0. The summed E-state index contributed by atoms with van der Waals surface area (Å²) in [5.41, 5.74) is 6.13. The summed E-state index contributed by atoms with van der Waals surface area (Å²) in [6, 6.07) is 2.04. The van der Waals surface area contributed by atoms with Gasteiger partial charge in [0.1, 0.15) is 5.75 Å². The van der Waals surface area contributed by atoms with Crippen LogP contribution in [0, 0.1) is 6.92 Å². The van der Waals surface area contributed by atoms with E-state index in [0.717, 1.165) is 12.0 Å². The van der Waals surface area contributed by atoms with Crippen LogP contribution in [-0.2, 0) is 17.3 Å². The van der Waals surface area contributed by atoms with Gasteiger partial charge < -0.3 is 5.11 Å². The molecule has 1 heteroatoms. The fraction of sp³-hybridized carbons (Fsp3) is 0.625. The van der Waals surface area contributed by atoms with E-state index in [0.29, 0.717) is 11.2 Å². The van der Waals surface area contributed by atoms with Crippen LogP contribution in [0.1, 0.15) is 62.3 Å². The number of rotatable bonds is 0. The summed E-state index contributed by atoms with van der Waals surface area (Å²) in [5, 5.41) is 10.1. The van der Waals surface area contributed by atoms with E-state index in [9.17, 15) is 5.11 Å². The SMILES string of the molecule is Cc1c(O)cc2c3c1CCC3(C)CCC2(C)C. The predicted molar refractivity (Wildman–Crippen MR) is 70.8 cm³/mol. The van der Waals surface area contributed by atoms with Crippen LogP contribution >= 0.6 is 0 Å². The number of benzene rings is 1. The Morgan fingerprint density at radius 1 is 1.12 bits per heavy atom. The van der Waals surface area contributed by atoms with E-state index in [4.69, 9.17) is 0 Å². The van der Waals surface area contributed by atoms with Crippen molar-refractivity contribution in [1.29, 1.82) is 0 Å². The van der Waals surface area contributed by atoms with Crippen LogP contribution in [0.3, 0.4) is 0 Å². The van der Waals surface area contributed by atoms with Gasteiger partial charge >= 0.3 is 0 Å². The predicted octanol–water partition coefficient (Wildman–Crippen LogP) is 3.98. The van der Waals surface area contributed by atoms with Crippen molar-refractivity contribution in [3.05, 3.63) is 28.3 Å². The molecule has 0 amide bonds. The standard InChI is InChI=1S/C16H22O/c1-10-11-5-6-16(4)8-7-15(2,3)12(14(11)16)9-13(10)17/h9,17H,5-8H2,1-4H3. The van der Waals surface area contributed by atoms with Crippen molar-refractivity contribution in [2.45, 2.75) is 64.2 Å². The van der Waals surface area contributed by atoms with Crippen molar-refractivity contribution >= 4 is 0 Å². The molecule has 0 bridgehead atoms. The first kappa shape index (κ1) is 11.1. The smallest absolute Gasteiger partial charge is 0.119 e. The van der Waals surface area contributed by atoms with Gasteiger partial charge in [-0.2, -0.15) is 0 Å². The summed E-state index contributed by atoms with van der Waals surface area (Å²) in [6.07, 6.45) is 4.94. The van der Waals surface area contributed by atoms with Crippen molar-refractivity contribution < 1.29 is 5.11 Å². The number of phenolic OH excluding ortho intramolecular Hbond substituents is 1. The molecule has 2 aliphatic carbocycles. The Labute approximate surface area is 104 Å². The van der Waals surface area contributed by atoms with Gasteiger partial charge in [-0.3, -0.25) is 0 Å². The summed E-state index contributed by atoms with van der Waals surface area (Å²) >= 11 is 0. The molecule has 1 unspecified atom stereocenters. The van der Waals surface area contributed by atoms with Gasteiger partial charge in [-0.1, -0.05) is 20.8 Å². The molecule has 0 radical (unpaired) electrons. The summed E-state index contributed by atoms with van der Waals surface area (Å²) in [5.74, 6) is 0.498. The lowest BCUT2D eigenvalue weighted by molar-refractivity contribution is 0.313. The molecule has 1 N–H and O–H groups in total. The zero-order chi connectivity index (χ0) is 12.4. The average molecular weight is 230 g/mol. The quantitative estimate of drug-likeness (QED) is 0.715. The molecule has 0 saturated carbocycles. The Bertz CT molecular complexity index is 499. The third-order valence-corrected chi connectivity index (χ3v) is 5.25. The van der Waals surface area contributed by atoms with E-state index < -0.39 is 0 Å². The summed E-state index contributed by atoms with van der Waals surface area (Å²) in [7, 11) is 0. The lowest BCUT2D eigenvalue weighted by atomic mass is 9.63. The minimum atomic E-state index is 0.221. The van der Waals surface area contributed by atoms with E-state index in [1.165, 1.54) is 30.4 Å². The molecular formula is C16H22O. The second-order valence-corrected chi connectivity index (χ2v) is 6.87. The number of aromatic hydroxyl groups is 1. The van der Waals surface area contributed by atoms with Crippen molar-refractivity contribution in [1.82, 2.24) is 0 Å². The normalized spacial score (nSPS) is 29.2. The van der Waals surface area contributed by atoms with Crippen LogP contribution in [0.4, 0.5) is 0 Å². The third kappa shape index (κ3) is 1.31. The molecule has 0 spiro atoms. The molecule has 0 aliphatic heterocycles. The Morgan fingerprint density at radius 3 is 2.53 bits per heavy atom. The molecule has 1 aromatic rings. The maximum atomic E-state index is 10.1. The molecule has 0 heterocycles. The average Bonchev–Trinajstić information content (AvgIpc) is 2.60. The highest BCUT2D eigenvalue weighted by Crippen LogP contribution is 2.54. The zero-order valence-corrected chi connectivity index (χ0v) is 11.4. The highest BCUT2D eigenvalue weighted by Gasteiger charge is 2.45. The molecule has 1 atom stereocenters. The molecule has 0 aromatic heterocycles. The van der Waals surface area contributed by atoms with Gasteiger partial charge in [-0.25, -0.2) is 0 Å².